The summed E-state index contributed by atoms with van der Waals surface area (Å²) in [6.45, 7) is 17.1. The highest BCUT2D eigenvalue weighted by Gasteiger charge is 2.39. The Morgan fingerprint density at radius 2 is 1.23 bits per heavy atom. The van der Waals surface area contributed by atoms with E-state index in [1.807, 2.05) is 94.4 Å². The molecule has 0 aliphatic heterocycles. The lowest BCUT2D eigenvalue weighted by molar-refractivity contribution is 0.0527. The SMILES string of the molecule is CCOc1nc2c(C(=O)c3ccccc3)cc(-c3c(C)noc3C)cc2n1C(=O)OC(C)(C)C.CCOc1nc2c(C(O)(c3ccccc3)c3ccc4ccc(F)cc4n3)cc(-c3c(C)noc3C)cc2[nH]1.Fc1ccc2ccc(Br)nc2c1. The fourth-order valence-electron chi connectivity index (χ4n) is 9.92. The molecule has 0 aliphatic carbocycles. The van der Waals surface area contributed by atoms with E-state index in [0.29, 0.717) is 96.4 Å². The van der Waals surface area contributed by atoms with Crippen molar-refractivity contribution in [2.75, 3.05) is 13.2 Å². The van der Waals surface area contributed by atoms with Gasteiger partial charge in [0.05, 0.1) is 63.4 Å². The number of H-pyrrole nitrogens is 1. The van der Waals surface area contributed by atoms with Crippen LogP contribution in [0.4, 0.5) is 13.6 Å². The molecule has 426 valence electrons. The summed E-state index contributed by atoms with van der Waals surface area (Å²) in [5.74, 6) is 0.370. The van der Waals surface area contributed by atoms with Gasteiger partial charge in [-0.1, -0.05) is 83.1 Å². The van der Waals surface area contributed by atoms with E-state index < -0.39 is 23.1 Å². The Morgan fingerprint density at radius 1 is 0.655 bits per heavy atom. The summed E-state index contributed by atoms with van der Waals surface area (Å²) in [6.07, 6.45) is -0.646. The molecule has 6 heterocycles. The zero-order valence-corrected chi connectivity index (χ0v) is 48.9. The standard InChI is InChI=1S/C30H25FN4O3.C26H27N3O5.C9H5BrFN/c1-4-37-29-33-25-15-20(27-17(2)35-38-18(27)3)14-23(28(25)34-29)30(36,21-8-6-5-7-9-21)26-13-11-19-10-12-22(31)16-24(19)32-26;1-7-32-24-27-22-19(23(30)17-11-9-8-10-12-17)13-18(21-15(2)28-34-16(21)3)14-20(22)29(24)25(31)33-26(4,5)6;10-9-4-2-6-1-3-7(11)5-8(6)12-9/h5-16,36H,4H2,1-3H3,(H,33,34);8-14H,7H2,1-6H3;1-5H. The topological polar surface area (TPSA) is 206 Å². The summed E-state index contributed by atoms with van der Waals surface area (Å²) in [4.78, 5) is 48.1. The molecular formula is C65H57BrF2N8O8. The van der Waals surface area contributed by atoms with Crippen molar-refractivity contribution >= 4 is 71.7 Å². The molecule has 1 atom stereocenters. The van der Waals surface area contributed by atoms with Gasteiger partial charge in [-0.15, -0.1) is 0 Å². The van der Waals surface area contributed by atoms with Crippen molar-refractivity contribution in [2.24, 2.45) is 0 Å². The highest BCUT2D eigenvalue weighted by molar-refractivity contribution is 9.10. The van der Waals surface area contributed by atoms with Gasteiger partial charge in [0, 0.05) is 45.2 Å². The molecule has 12 rings (SSSR count). The number of halogens is 3. The van der Waals surface area contributed by atoms with Crippen molar-refractivity contribution in [1.82, 2.24) is 39.8 Å². The van der Waals surface area contributed by atoms with Gasteiger partial charge >= 0.3 is 12.1 Å². The third-order valence-electron chi connectivity index (χ3n) is 13.6. The number of aryl methyl sites for hydroxylation is 4. The fourth-order valence-corrected chi connectivity index (χ4v) is 10.2. The van der Waals surface area contributed by atoms with Gasteiger partial charge in [0.1, 0.15) is 38.9 Å². The number of carbonyl (C=O) groups excluding carboxylic acids is 2. The second kappa shape index (κ2) is 23.8. The zero-order chi connectivity index (χ0) is 59.6. The van der Waals surface area contributed by atoms with E-state index in [1.54, 1.807) is 89.2 Å². The number of rotatable bonds is 11. The maximum absolute atomic E-state index is 14.1. The molecule has 0 fully saturated rings. The Bertz CT molecular complexity index is 4350. The summed E-state index contributed by atoms with van der Waals surface area (Å²) >= 11 is 3.22. The van der Waals surface area contributed by atoms with E-state index in [2.05, 4.69) is 41.2 Å². The summed E-state index contributed by atoms with van der Waals surface area (Å²) < 4.78 is 56.6. The molecule has 0 amide bonds. The molecule has 0 saturated carbocycles. The number of imidazole rings is 2. The van der Waals surface area contributed by atoms with Crippen molar-refractivity contribution in [2.45, 2.75) is 73.5 Å². The van der Waals surface area contributed by atoms with Gasteiger partial charge in [0.15, 0.2) is 11.4 Å². The Kier molecular flexibility index (Phi) is 16.4. The lowest BCUT2D eigenvalue weighted by Gasteiger charge is -2.30. The van der Waals surface area contributed by atoms with Crippen LogP contribution >= 0.6 is 15.9 Å². The number of aromatic nitrogens is 8. The smallest absolute Gasteiger partial charge is 0.423 e. The van der Waals surface area contributed by atoms with Gasteiger partial charge < -0.3 is 33.3 Å². The first-order valence-electron chi connectivity index (χ1n) is 26.9. The third-order valence-corrected chi connectivity index (χ3v) is 14.0. The molecule has 2 N–H and O–H groups in total. The normalized spacial score (nSPS) is 12.2. The van der Waals surface area contributed by atoms with Crippen LogP contribution in [0.3, 0.4) is 0 Å². The van der Waals surface area contributed by atoms with Crippen LogP contribution in [0.15, 0.2) is 159 Å². The van der Waals surface area contributed by atoms with Crippen LogP contribution in [-0.2, 0) is 10.3 Å². The fraction of sp³-hybridized carbons (Fsp3) is 0.200. The van der Waals surface area contributed by atoms with Gasteiger partial charge in [0.2, 0.25) is 0 Å². The summed E-state index contributed by atoms with van der Waals surface area (Å²) in [6, 6.07) is 42.2. The van der Waals surface area contributed by atoms with E-state index in [9.17, 15) is 23.5 Å². The molecule has 12 aromatic rings. The minimum atomic E-state index is -1.74. The highest BCUT2D eigenvalue weighted by Crippen LogP contribution is 2.43. The first kappa shape index (κ1) is 57.8. The zero-order valence-electron chi connectivity index (χ0n) is 47.3. The van der Waals surface area contributed by atoms with E-state index in [4.69, 9.17) is 33.2 Å². The van der Waals surface area contributed by atoms with E-state index in [1.165, 1.54) is 28.8 Å². The molecule has 0 spiro atoms. The van der Waals surface area contributed by atoms with Crippen molar-refractivity contribution < 1.29 is 46.7 Å². The third kappa shape index (κ3) is 11.8. The van der Waals surface area contributed by atoms with Crippen LogP contribution in [0, 0.1) is 39.3 Å². The number of benzene rings is 6. The first-order valence-corrected chi connectivity index (χ1v) is 27.7. The quantitative estimate of drug-likeness (QED) is 0.0913. The van der Waals surface area contributed by atoms with Crippen molar-refractivity contribution in [3.8, 4) is 34.3 Å². The van der Waals surface area contributed by atoms with E-state index in [0.717, 1.165) is 37.8 Å². The number of hydrogen-bond acceptors (Lipinski definition) is 14. The Balaban J connectivity index is 0.000000157. The molecule has 0 aliphatic rings. The number of carbonyl (C=O) groups is 2. The second-order valence-electron chi connectivity index (χ2n) is 20.6. The lowest BCUT2D eigenvalue weighted by Crippen LogP contribution is -2.30. The van der Waals surface area contributed by atoms with Crippen LogP contribution < -0.4 is 9.47 Å². The maximum Gasteiger partial charge on any atom is 0.423 e. The van der Waals surface area contributed by atoms with Crippen LogP contribution in [-0.4, -0.2) is 75.6 Å². The van der Waals surface area contributed by atoms with Crippen LogP contribution in [0.1, 0.15) is 90.3 Å². The molecule has 1 unspecified atom stereocenters. The Labute approximate surface area is 489 Å². The highest BCUT2D eigenvalue weighted by atomic mass is 79.9. The number of pyridine rings is 2. The van der Waals surface area contributed by atoms with Gasteiger partial charge in [-0.2, -0.15) is 14.5 Å². The molecule has 84 heavy (non-hydrogen) atoms. The number of hydrogen-bond donors (Lipinski definition) is 2. The predicted octanol–water partition coefficient (Wildman–Crippen LogP) is 15.1. The predicted molar refractivity (Wildman–Crippen MR) is 319 cm³/mol. The minimum Gasteiger partial charge on any atom is -0.465 e. The molecule has 16 nitrogen and oxygen atoms in total. The minimum absolute atomic E-state index is 0.0600. The molecular weight excluding hydrogens is 1140 g/mol. The number of fused-ring (bicyclic) bond motifs is 4. The maximum atomic E-state index is 14.1. The number of aliphatic hydroxyl groups is 1. The van der Waals surface area contributed by atoms with Crippen LogP contribution in [0.2, 0.25) is 0 Å². The Morgan fingerprint density at radius 3 is 1.81 bits per heavy atom. The molecule has 19 heteroatoms. The number of nitrogens with one attached hydrogen (secondary N) is 1. The van der Waals surface area contributed by atoms with Gasteiger partial charge in [0.25, 0.3) is 6.01 Å². The molecule has 6 aromatic heterocycles. The first-order chi connectivity index (χ1) is 40.2. The Hall–Kier alpha value is -9.46. The molecule has 0 radical (unpaired) electrons. The average Bonchev–Trinajstić information content (AvgIpc) is 1.84. The second-order valence-corrected chi connectivity index (χ2v) is 21.4. The lowest BCUT2D eigenvalue weighted by atomic mass is 9.81. The van der Waals surface area contributed by atoms with Crippen LogP contribution in [0.5, 0.6) is 12.0 Å². The van der Waals surface area contributed by atoms with E-state index >= 15 is 0 Å². The van der Waals surface area contributed by atoms with Gasteiger partial charge in [-0.05, 0) is 156 Å². The largest absolute Gasteiger partial charge is 0.465 e. The summed E-state index contributed by atoms with van der Waals surface area (Å²) in [7, 11) is 0. The molecule has 6 aromatic carbocycles. The van der Waals surface area contributed by atoms with Crippen molar-refractivity contribution in [3.05, 3.63) is 213 Å². The number of ketones is 1. The van der Waals surface area contributed by atoms with Crippen LogP contribution in [0.25, 0.3) is 66.1 Å². The summed E-state index contributed by atoms with van der Waals surface area (Å²) in [5.41, 5.74) is 7.24. The molecule has 0 saturated heterocycles. The van der Waals surface area contributed by atoms with Gasteiger partial charge in [-0.3, -0.25) is 4.79 Å². The average molecular weight is 1200 g/mol. The molecule has 0 bridgehead atoms. The summed E-state index contributed by atoms with van der Waals surface area (Å²) in [5, 5.41) is 22.6. The van der Waals surface area contributed by atoms with Gasteiger partial charge in [-0.25, -0.2) is 23.5 Å². The van der Waals surface area contributed by atoms with Crippen molar-refractivity contribution in [3.63, 3.8) is 0 Å². The number of ether oxygens (including phenoxy) is 3. The number of nitrogens with zero attached hydrogens (tertiary/aromatic N) is 7. The number of aromatic amines is 1. The van der Waals surface area contributed by atoms with E-state index in [-0.39, 0.29) is 24.2 Å². The van der Waals surface area contributed by atoms with Crippen molar-refractivity contribution in [1.29, 1.82) is 0 Å². The monoisotopic (exact) mass is 1190 g/mol.